The van der Waals surface area contributed by atoms with Gasteiger partial charge in [-0.15, -0.1) is 0 Å². The molecule has 0 unspecified atom stereocenters. The third kappa shape index (κ3) is 4.84. The first-order valence-electron chi connectivity index (χ1n) is 12.1. The number of nitrogens with one attached hydrogen (secondary N) is 2. The van der Waals surface area contributed by atoms with E-state index in [1.54, 1.807) is 30.3 Å². The van der Waals surface area contributed by atoms with E-state index in [0.717, 1.165) is 16.5 Å². The Morgan fingerprint density at radius 3 is 2.26 bits per heavy atom. The van der Waals surface area contributed by atoms with Gasteiger partial charge in [0.15, 0.2) is 0 Å². The van der Waals surface area contributed by atoms with Gasteiger partial charge in [0.05, 0.1) is 15.5 Å². The second-order valence-corrected chi connectivity index (χ2v) is 12.8. The summed E-state index contributed by atoms with van der Waals surface area (Å²) in [5.74, 6) is -0.291. The molecule has 8 nitrogen and oxygen atoms in total. The minimum Gasteiger partial charge on any atom is -0.326 e. The number of benzene rings is 4. The Labute approximate surface area is 222 Å². The Balaban J connectivity index is 1.19. The SMILES string of the molecule is Cc1ccc(NS(=O)(=O)c2ccc(NC(=O)CCCN3c4cccc5cccc(c45)S3(=O)=O)cc2)cc1C. The minimum atomic E-state index is -3.79. The fourth-order valence-corrected chi connectivity index (χ4v) is 7.34. The highest BCUT2D eigenvalue weighted by Crippen LogP contribution is 2.42. The zero-order chi connectivity index (χ0) is 27.1. The van der Waals surface area contributed by atoms with Crippen LogP contribution in [0.25, 0.3) is 10.8 Å². The van der Waals surface area contributed by atoms with E-state index in [0.29, 0.717) is 28.9 Å². The zero-order valence-corrected chi connectivity index (χ0v) is 22.6. The topological polar surface area (TPSA) is 113 Å². The second-order valence-electron chi connectivity index (χ2n) is 9.29. The molecule has 0 aliphatic carbocycles. The standard InChI is InChI=1S/C28H27N3O5S2/c1-19-11-12-23(18-20(19)2)30-37(33,34)24-15-13-22(14-16-24)29-27(32)10-5-17-31-25-8-3-6-21-7-4-9-26(28(21)25)38(31,35)36/h3-4,6-9,11-16,18,30H,5,10,17H2,1-2H3,(H,29,32). The average molecular weight is 550 g/mol. The maximum atomic E-state index is 13.1. The quantitative estimate of drug-likeness (QED) is 0.314. The van der Waals surface area contributed by atoms with Gasteiger partial charge >= 0.3 is 0 Å². The van der Waals surface area contributed by atoms with Gasteiger partial charge in [-0.1, -0.05) is 30.3 Å². The largest absolute Gasteiger partial charge is 0.326 e. The molecule has 1 amide bonds. The molecule has 1 aliphatic rings. The van der Waals surface area contributed by atoms with Crippen molar-refractivity contribution < 1.29 is 21.6 Å². The number of amides is 1. The van der Waals surface area contributed by atoms with Gasteiger partial charge in [-0.3, -0.25) is 13.8 Å². The molecular formula is C28H27N3O5S2. The first-order chi connectivity index (χ1) is 18.1. The van der Waals surface area contributed by atoms with Crippen LogP contribution < -0.4 is 14.3 Å². The number of hydrogen-bond acceptors (Lipinski definition) is 5. The van der Waals surface area contributed by atoms with E-state index in [1.165, 1.54) is 28.6 Å². The molecule has 196 valence electrons. The molecule has 0 aromatic heterocycles. The van der Waals surface area contributed by atoms with Crippen LogP contribution in [-0.4, -0.2) is 29.3 Å². The van der Waals surface area contributed by atoms with Crippen molar-refractivity contribution in [3.63, 3.8) is 0 Å². The Kier molecular flexibility index (Phi) is 6.62. The minimum absolute atomic E-state index is 0.0710. The highest BCUT2D eigenvalue weighted by Gasteiger charge is 2.35. The van der Waals surface area contributed by atoms with Crippen LogP contribution in [0.3, 0.4) is 0 Å². The second kappa shape index (κ2) is 9.77. The first-order valence-corrected chi connectivity index (χ1v) is 15.0. The van der Waals surface area contributed by atoms with Crippen molar-refractivity contribution in [3.8, 4) is 0 Å². The molecule has 4 aromatic carbocycles. The van der Waals surface area contributed by atoms with Gasteiger partial charge in [0.2, 0.25) is 5.91 Å². The van der Waals surface area contributed by atoms with Crippen molar-refractivity contribution >= 4 is 53.8 Å². The molecule has 0 saturated heterocycles. The summed E-state index contributed by atoms with van der Waals surface area (Å²) >= 11 is 0. The lowest BCUT2D eigenvalue weighted by atomic mass is 10.1. The van der Waals surface area contributed by atoms with Crippen molar-refractivity contribution in [2.75, 3.05) is 20.9 Å². The lowest BCUT2D eigenvalue weighted by Crippen LogP contribution is -2.28. The van der Waals surface area contributed by atoms with Gasteiger partial charge in [0, 0.05) is 29.7 Å². The monoisotopic (exact) mass is 549 g/mol. The van der Waals surface area contributed by atoms with Gasteiger partial charge in [0.25, 0.3) is 20.0 Å². The predicted molar refractivity (Wildman–Crippen MR) is 150 cm³/mol. The lowest BCUT2D eigenvalue weighted by Gasteiger charge is -2.18. The molecule has 2 N–H and O–H groups in total. The van der Waals surface area contributed by atoms with E-state index >= 15 is 0 Å². The Hall–Kier alpha value is -3.89. The van der Waals surface area contributed by atoms with Crippen LogP contribution in [-0.2, 0) is 24.8 Å². The van der Waals surface area contributed by atoms with Crippen LogP contribution in [0, 0.1) is 13.8 Å². The van der Waals surface area contributed by atoms with E-state index in [2.05, 4.69) is 10.0 Å². The summed E-state index contributed by atoms with van der Waals surface area (Å²) in [6.07, 6.45) is 0.425. The third-order valence-corrected chi connectivity index (χ3v) is 9.91. The van der Waals surface area contributed by atoms with Crippen molar-refractivity contribution in [1.29, 1.82) is 0 Å². The van der Waals surface area contributed by atoms with Crippen LogP contribution in [0.5, 0.6) is 0 Å². The predicted octanol–water partition coefficient (Wildman–Crippen LogP) is 5.19. The molecule has 0 fully saturated rings. The Morgan fingerprint density at radius 1 is 0.868 bits per heavy atom. The number of hydrogen-bond donors (Lipinski definition) is 2. The summed E-state index contributed by atoms with van der Waals surface area (Å²) in [6.45, 7) is 4.03. The third-order valence-electron chi connectivity index (χ3n) is 6.65. The van der Waals surface area contributed by atoms with Gasteiger partial charge in [0.1, 0.15) is 0 Å². The lowest BCUT2D eigenvalue weighted by molar-refractivity contribution is -0.116. The zero-order valence-electron chi connectivity index (χ0n) is 20.9. The molecular weight excluding hydrogens is 522 g/mol. The molecule has 0 atom stereocenters. The molecule has 0 spiro atoms. The van der Waals surface area contributed by atoms with E-state index in [1.807, 2.05) is 38.1 Å². The Bertz CT molecular complexity index is 1760. The summed E-state index contributed by atoms with van der Waals surface area (Å²) in [6, 6.07) is 21.9. The van der Waals surface area contributed by atoms with Crippen molar-refractivity contribution in [2.24, 2.45) is 0 Å². The van der Waals surface area contributed by atoms with E-state index in [9.17, 15) is 21.6 Å². The number of carbonyl (C=O) groups is 1. The molecule has 5 rings (SSSR count). The fraction of sp³-hybridized carbons (Fsp3) is 0.179. The molecule has 1 aliphatic heterocycles. The summed E-state index contributed by atoms with van der Waals surface area (Å²) < 4.78 is 55.6. The number of anilines is 3. The molecule has 1 heterocycles. The number of rotatable bonds is 8. The van der Waals surface area contributed by atoms with Crippen molar-refractivity contribution in [1.82, 2.24) is 0 Å². The molecule has 10 heteroatoms. The van der Waals surface area contributed by atoms with Gasteiger partial charge in [-0.2, -0.15) is 0 Å². The molecule has 0 bridgehead atoms. The Morgan fingerprint density at radius 2 is 1.55 bits per heavy atom. The van der Waals surface area contributed by atoms with E-state index in [4.69, 9.17) is 0 Å². The number of sulfonamides is 2. The smallest absolute Gasteiger partial charge is 0.265 e. The fourth-order valence-electron chi connectivity index (χ4n) is 4.54. The van der Waals surface area contributed by atoms with Crippen LogP contribution in [0.15, 0.2) is 88.7 Å². The highest BCUT2D eigenvalue weighted by molar-refractivity contribution is 7.93. The van der Waals surface area contributed by atoms with Crippen molar-refractivity contribution in [3.05, 3.63) is 90.0 Å². The van der Waals surface area contributed by atoms with Crippen LogP contribution in [0.4, 0.5) is 17.1 Å². The summed E-state index contributed by atoms with van der Waals surface area (Å²) in [5, 5.41) is 4.31. The number of aryl methyl sites for hydroxylation is 2. The number of carbonyl (C=O) groups excluding carboxylic acids is 1. The molecule has 0 radical (unpaired) electrons. The summed E-state index contributed by atoms with van der Waals surface area (Å²) in [5.41, 5.74) is 3.60. The maximum absolute atomic E-state index is 13.1. The van der Waals surface area contributed by atoms with E-state index in [-0.39, 0.29) is 28.7 Å². The van der Waals surface area contributed by atoms with Crippen LogP contribution in [0.1, 0.15) is 24.0 Å². The normalized spacial score (nSPS) is 14.0. The molecule has 4 aromatic rings. The molecule has 38 heavy (non-hydrogen) atoms. The highest BCUT2D eigenvalue weighted by atomic mass is 32.2. The van der Waals surface area contributed by atoms with Crippen LogP contribution in [0.2, 0.25) is 0 Å². The first kappa shape index (κ1) is 25.7. The molecule has 0 saturated carbocycles. The summed E-state index contributed by atoms with van der Waals surface area (Å²) in [4.78, 5) is 12.9. The van der Waals surface area contributed by atoms with Gasteiger partial charge in [-0.25, -0.2) is 16.8 Å². The van der Waals surface area contributed by atoms with Crippen LogP contribution >= 0.6 is 0 Å². The number of nitrogens with zero attached hydrogens (tertiary/aromatic N) is 1. The van der Waals surface area contributed by atoms with Crippen molar-refractivity contribution in [2.45, 2.75) is 36.5 Å². The summed E-state index contributed by atoms with van der Waals surface area (Å²) in [7, 11) is -7.45. The maximum Gasteiger partial charge on any atom is 0.265 e. The van der Waals surface area contributed by atoms with Gasteiger partial charge < -0.3 is 5.32 Å². The van der Waals surface area contributed by atoms with E-state index < -0.39 is 20.0 Å². The average Bonchev–Trinajstić information content (AvgIpc) is 3.09. The van der Waals surface area contributed by atoms with Gasteiger partial charge in [-0.05, 0) is 85.3 Å².